The van der Waals surface area contributed by atoms with E-state index >= 15 is 0 Å². The Morgan fingerprint density at radius 2 is 1.76 bits per heavy atom. The standard InChI is InChI=1S/C18H21ClFN3O.HI/c1-2-21-18(22-11-13-3-7-15(19)8-4-13)23-12-17(24)14-5-9-16(20)10-6-14;/h3-10,17,24H,2,11-12H2,1H3,(H2,21,22,23);1H. The van der Waals surface area contributed by atoms with Crippen LogP contribution >= 0.6 is 35.6 Å². The van der Waals surface area contributed by atoms with E-state index in [2.05, 4.69) is 15.6 Å². The van der Waals surface area contributed by atoms with Gasteiger partial charge in [-0.1, -0.05) is 35.9 Å². The number of aliphatic hydroxyl groups excluding tert-OH is 1. The molecule has 0 heterocycles. The third-order valence-electron chi connectivity index (χ3n) is 3.39. The molecule has 0 bridgehead atoms. The Kier molecular flexibility index (Phi) is 9.77. The van der Waals surface area contributed by atoms with Crippen molar-refractivity contribution in [1.82, 2.24) is 10.6 Å². The van der Waals surface area contributed by atoms with Crippen molar-refractivity contribution in [3.8, 4) is 0 Å². The molecular formula is C18H22ClFIN3O. The van der Waals surface area contributed by atoms with Gasteiger partial charge in [0, 0.05) is 18.1 Å². The Bertz CT molecular complexity index is 665. The molecule has 0 saturated heterocycles. The van der Waals surface area contributed by atoms with Crippen LogP contribution in [0.25, 0.3) is 0 Å². The zero-order valence-corrected chi connectivity index (χ0v) is 17.0. The summed E-state index contributed by atoms with van der Waals surface area (Å²) < 4.78 is 12.9. The SMILES string of the molecule is CCNC(=NCc1ccc(Cl)cc1)NCC(O)c1ccc(F)cc1.I. The minimum atomic E-state index is -0.745. The first-order valence-corrected chi connectivity index (χ1v) is 8.16. The van der Waals surface area contributed by atoms with E-state index in [1.807, 2.05) is 31.2 Å². The second-order valence-corrected chi connectivity index (χ2v) is 5.71. The van der Waals surface area contributed by atoms with E-state index in [0.29, 0.717) is 29.6 Å². The largest absolute Gasteiger partial charge is 0.387 e. The molecule has 1 atom stereocenters. The van der Waals surface area contributed by atoms with Crippen molar-refractivity contribution in [1.29, 1.82) is 0 Å². The maximum Gasteiger partial charge on any atom is 0.191 e. The molecule has 0 aromatic heterocycles. The van der Waals surface area contributed by atoms with Gasteiger partial charge >= 0.3 is 0 Å². The van der Waals surface area contributed by atoms with Crippen molar-refractivity contribution in [2.45, 2.75) is 19.6 Å². The molecule has 1 unspecified atom stereocenters. The minimum absolute atomic E-state index is 0. The van der Waals surface area contributed by atoms with Crippen LogP contribution in [0.2, 0.25) is 5.02 Å². The lowest BCUT2D eigenvalue weighted by Gasteiger charge is -2.15. The smallest absolute Gasteiger partial charge is 0.191 e. The number of aliphatic imine (C=N–C) groups is 1. The highest BCUT2D eigenvalue weighted by Crippen LogP contribution is 2.12. The predicted molar refractivity (Wildman–Crippen MR) is 111 cm³/mol. The highest BCUT2D eigenvalue weighted by atomic mass is 127. The van der Waals surface area contributed by atoms with Gasteiger partial charge in [-0.15, -0.1) is 24.0 Å². The van der Waals surface area contributed by atoms with Crippen LogP contribution in [-0.4, -0.2) is 24.2 Å². The number of hydrogen-bond acceptors (Lipinski definition) is 2. The van der Waals surface area contributed by atoms with E-state index in [-0.39, 0.29) is 36.3 Å². The molecule has 7 heteroatoms. The normalized spacial score (nSPS) is 12.2. The molecule has 0 aliphatic carbocycles. The van der Waals surface area contributed by atoms with Crippen LogP contribution in [0, 0.1) is 5.82 Å². The van der Waals surface area contributed by atoms with Gasteiger partial charge in [0.05, 0.1) is 12.6 Å². The van der Waals surface area contributed by atoms with E-state index in [9.17, 15) is 9.50 Å². The van der Waals surface area contributed by atoms with Crippen LogP contribution in [0.5, 0.6) is 0 Å². The third-order valence-corrected chi connectivity index (χ3v) is 3.65. The number of guanidine groups is 1. The van der Waals surface area contributed by atoms with Crippen LogP contribution in [0.15, 0.2) is 53.5 Å². The van der Waals surface area contributed by atoms with Crippen molar-refractivity contribution in [2.75, 3.05) is 13.1 Å². The van der Waals surface area contributed by atoms with Gasteiger partial charge in [0.15, 0.2) is 5.96 Å². The van der Waals surface area contributed by atoms with E-state index in [1.165, 1.54) is 12.1 Å². The number of aliphatic hydroxyl groups is 1. The Balaban J connectivity index is 0.00000312. The molecule has 0 radical (unpaired) electrons. The molecule has 136 valence electrons. The summed E-state index contributed by atoms with van der Waals surface area (Å²) in [5.41, 5.74) is 1.69. The van der Waals surface area contributed by atoms with Crippen LogP contribution < -0.4 is 10.6 Å². The summed E-state index contributed by atoms with van der Waals surface area (Å²) in [6.07, 6.45) is -0.745. The van der Waals surface area contributed by atoms with E-state index < -0.39 is 6.10 Å². The van der Waals surface area contributed by atoms with Crippen LogP contribution in [0.3, 0.4) is 0 Å². The van der Waals surface area contributed by atoms with Gasteiger partial charge in [-0.2, -0.15) is 0 Å². The molecule has 0 aliphatic heterocycles. The van der Waals surface area contributed by atoms with Crippen molar-refractivity contribution >= 4 is 41.5 Å². The first-order valence-electron chi connectivity index (χ1n) is 7.78. The average molecular weight is 478 g/mol. The topological polar surface area (TPSA) is 56.7 Å². The fourth-order valence-corrected chi connectivity index (χ4v) is 2.22. The van der Waals surface area contributed by atoms with Crippen LogP contribution in [0.4, 0.5) is 4.39 Å². The lowest BCUT2D eigenvalue weighted by molar-refractivity contribution is 0.180. The highest BCUT2D eigenvalue weighted by molar-refractivity contribution is 14.0. The van der Waals surface area contributed by atoms with Gasteiger partial charge in [-0.3, -0.25) is 0 Å². The van der Waals surface area contributed by atoms with E-state index in [4.69, 9.17) is 11.6 Å². The van der Waals surface area contributed by atoms with E-state index in [0.717, 1.165) is 5.56 Å². The predicted octanol–water partition coefficient (Wildman–Crippen LogP) is 3.89. The first-order chi connectivity index (χ1) is 11.6. The maximum absolute atomic E-state index is 12.9. The summed E-state index contributed by atoms with van der Waals surface area (Å²) >= 11 is 5.86. The average Bonchev–Trinajstić information content (AvgIpc) is 2.59. The van der Waals surface area contributed by atoms with E-state index in [1.54, 1.807) is 12.1 Å². The Morgan fingerprint density at radius 1 is 1.12 bits per heavy atom. The number of halogens is 3. The molecule has 2 aromatic carbocycles. The van der Waals surface area contributed by atoms with Crippen molar-refractivity contribution in [2.24, 2.45) is 4.99 Å². The Hall–Kier alpha value is -1.38. The van der Waals surface area contributed by atoms with Crippen LogP contribution in [-0.2, 0) is 6.54 Å². The number of benzene rings is 2. The fourth-order valence-electron chi connectivity index (χ4n) is 2.10. The molecular weight excluding hydrogens is 456 g/mol. The molecule has 0 saturated carbocycles. The summed E-state index contributed by atoms with van der Waals surface area (Å²) in [6, 6.07) is 13.3. The van der Waals surface area contributed by atoms with Crippen molar-refractivity contribution in [3.63, 3.8) is 0 Å². The molecule has 3 N–H and O–H groups in total. The quantitative estimate of drug-likeness (QED) is 0.336. The fraction of sp³-hybridized carbons (Fsp3) is 0.278. The summed E-state index contributed by atoms with van der Waals surface area (Å²) in [7, 11) is 0. The molecule has 2 aromatic rings. The second-order valence-electron chi connectivity index (χ2n) is 5.27. The van der Waals surface area contributed by atoms with Gasteiger partial charge in [0.2, 0.25) is 0 Å². The van der Waals surface area contributed by atoms with Gasteiger partial charge in [-0.25, -0.2) is 9.38 Å². The summed E-state index contributed by atoms with van der Waals surface area (Å²) in [5, 5.41) is 17.1. The molecule has 4 nitrogen and oxygen atoms in total. The number of hydrogen-bond donors (Lipinski definition) is 3. The molecule has 25 heavy (non-hydrogen) atoms. The summed E-state index contributed by atoms with van der Waals surface area (Å²) in [4.78, 5) is 4.47. The van der Waals surface area contributed by atoms with Gasteiger partial charge in [0.1, 0.15) is 5.82 Å². The summed E-state index contributed by atoms with van der Waals surface area (Å²) in [5.74, 6) is 0.283. The lowest BCUT2D eigenvalue weighted by Crippen LogP contribution is -2.39. The Morgan fingerprint density at radius 3 is 2.36 bits per heavy atom. The first kappa shape index (κ1) is 21.7. The zero-order chi connectivity index (χ0) is 17.4. The number of rotatable bonds is 6. The maximum atomic E-state index is 12.9. The van der Waals surface area contributed by atoms with Gasteiger partial charge in [-0.05, 0) is 42.3 Å². The van der Waals surface area contributed by atoms with Gasteiger partial charge < -0.3 is 15.7 Å². The Labute approximate surface area is 169 Å². The van der Waals surface area contributed by atoms with Crippen molar-refractivity contribution < 1.29 is 9.50 Å². The molecule has 2 rings (SSSR count). The monoisotopic (exact) mass is 477 g/mol. The van der Waals surface area contributed by atoms with Gasteiger partial charge in [0.25, 0.3) is 0 Å². The molecule has 0 aliphatic rings. The minimum Gasteiger partial charge on any atom is -0.387 e. The van der Waals surface area contributed by atoms with Crippen molar-refractivity contribution in [3.05, 3.63) is 70.5 Å². The zero-order valence-electron chi connectivity index (χ0n) is 13.9. The second kappa shape index (κ2) is 11.3. The lowest BCUT2D eigenvalue weighted by atomic mass is 10.1. The summed E-state index contributed by atoms with van der Waals surface area (Å²) in [6.45, 7) is 3.45. The number of nitrogens with one attached hydrogen (secondary N) is 2. The highest BCUT2D eigenvalue weighted by Gasteiger charge is 2.08. The number of nitrogens with zero attached hydrogens (tertiary/aromatic N) is 1. The third kappa shape index (κ3) is 7.58. The molecule has 0 fully saturated rings. The molecule has 0 spiro atoms. The van der Waals surface area contributed by atoms with Crippen LogP contribution in [0.1, 0.15) is 24.2 Å². The molecule has 0 amide bonds.